The van der Waals surface area contributed by atoms with Crippen molar-refractivity contribution in [2.45, 2.75) is 18.4 Å². The zero-order chi connectivity index (χ0) is 11.7. The first-order valence-corrected chi connectivity index (χ1v) is 5.70. The standard InChI is InChI=1S/C6H10F3NO4S/c7-6(8,9)5-2-13-1-4(14-5)3-15(10,11)12/h4-5H,1-3H2,(H2,10,11,12). The van der Waals surface area contributed by atoms with Crippen LogP contribution in [0.25, 0.3) is 0 Å². The number of hydrogen-bond acceptors (Lipinski definition) is 4. The van der Waals surface area contributed by atoms with Crippen LogP contribution in [0.4, 0.5) is 13.2 Å². The van der Waals surface area contributed by atoms with Crippen molar-refractivity contribution in [1.82, 2.24) is 0 Å². The van der Waals surface area contributed by atoms with Crippen LogP contribution in [0.5, 0.6) is 0 Å². The maximum Gasteiger partial charge on any atom is 0.416 e. The van der Waals surface area contributed by atoms with E-state index >= 15 is 0 Å². The summed E-state index contributed by atoms with van der Waals surface area (Å²) < 4.78 is 66.8. The van der Waals surface area contributed by atoms with Crippen LogP contribution >= 0.6 is 0 Å². The fraction of sp³-hybridized carbons (Fsp3) is 1.00. The van der Waals surface area contributed by atoms with Crippen LogP contribution in [0.1, 0.15) is 0 Å². The van der Waals surface area contributed by atoms with Crippen molar-refractivity contribution >= 4 is 10.0 Å². The van der Waals surface area contributed by atoms with Crippen molar-refractivity contribution in [3.63, 3.8) is 0 Å². The summed E-state index contributed by atoms with van der Waals surface area (Å²) in [4.78, 5) is 0. The zero-order valence-electron chi connectivity index (χ0n) is 7.53. The molecule has 0 aliphatic carbocycles. The Hall–Kier alpha value is -0.380. The molecule has 0 aromatic heterocycles. The van der Waals surface area contributed by atoms with Crippen LogP contribution in [0.2, 0.25) is 0 Å². The van der Waals surface area contributed by atoms with Crippen molar-refractivity contribution in [3.8, 4) is 0 Å². The summed E-state index contributed by atoms with van der Waals surface area (Å²) in [5.74, 6) is -0.681. The molecule has 1 aliphatic rings. The monoisotopic (exact) mass is 249 g/mol. The third-order valence-electron chi connectivity index (χ3n) is 1.71. The molecule has 1 heterocycles. The molecule has 0 amide bonds. The molecule has 2 unspecified atom stereocenters. The van der Waals surface area contributed by atoms with Gasteiger partial charge in [-0.1, -0.05) is 0 Å². The SMILES string of the molecule is NS(=O)(=O)CC1COCC(C(F)(F)F)O1. The van der Waals surface area contributed by atoms with Gasteiger partial charge in [0.1, 0.15) is 0 Å². The van der Waals surface area contributed by atoms with Gasteiger partial charge in [0.25, 0.3) is 0 Å². The van der Waals surface area contributed by atoms with Gasteiger partial charge in [-0.2, -0.15) is 13.2 Å². The van der Waals surface area contributed by atoms with E-state index in [2.05, 4.69) is 14.6 Å². The third-order valence-corrected chi connectivity index (χ3v) is 2.55. The molecule has 90 valence electrons. The quantitative estimate of drug-likeness (QED) is 0.723. The minimum Gasteiger partial charge on any atom is -0.376 e. The molecule has 1 rings (SSSR count). The molecule has 0 bridgehead atoms. The van der Waals surface area contributed by atoms with Gasteiger partial charge in [0.05, 0.1) is 25.1 Å². The van der Waals surface area contributed by atoms with E-state index in [1.54, 1.807) is 0 Å². The lowest BCUT2D eigenvalue weighted by atomic mass is 10.3. The average Bonchev–Trinajstić information content (AvgIpc) is 1.99. The highest BCUT2D eigenvalue weighted by Gasteiger charge is 2.44. The average molecular weight is 249 g/mol. The van der Waals surface area contributed by atoms with Crippen LogP contribution in [-0.4, -0.2) is 45.8 Å². The van der Waals surface area contributed by atoms with Crippen LogP contribution in [0.15, 0.2) is 0 Å². The second kappa shape index (κ2) is 4.24. The molecule has 0 aromatic carbocycles. The molecular weight excluding hydrogens is 239 g/mol. The lowest BCUT2D eigenvalue weighted by Gasteiger charge is -2.30. The lowest BCUT2D eigenvalue weighted by Crippen LogP contribution is -2.47. The summed E-state index contributed by atoms with van der Waals surface area (Å²) in [7, 11) is -3.87. The summed E-state index contributed by atoms with van der Waals surface area (Å²) in [6.07, 6.45) is -7.81. The predicted octanol–water partition coefficient (Wildman–Crippen LogP) is -0.379. The van der Waals surface area contributed by atoms with Crippen molar-refractivity contribution in [3.05, 3.63) is 0 Å². The Balaban J connectivity index is 2.57. The smallest absolute Gasteiger partial charge is 0.376 e. The van der Waals surface area contributed by atoms with Gasteiger partial charge in [-0.25, -0.2) is 13.6 Å². The summed E-state index contributed by atoms with van der Waals surface area (Å²) in [6, 6.07) is 0. The molecule has 15 heavy (non-hydrogen) atoms. The Morgan fingerprint density at radius 1 is 1.33 bits per heavy atom. The van der Waals surface area contributed by atoms with E-state index in [-0.39, 0.29) is 6.61 Å². The van der Waals surface area contributed by atoms with Gasteiger partial charge < -0.3 is 9.47 Å². The van der Waals surface area contributed by atoms with Crippen LogP contribution < -0.4 is 5.14 Å². The Morgan fingerprint density at radius 3 is 2.40 bits per heavy atom. The van der Waals surface area contributed by atoms with Crippen molar-refractivity contribution in [1.29, 1.82) is 0 Å². The molecule has 0 radical (unpaired) electrons. The minimum atomic E-state index is -4.56. The highest BCUT2D eigenvalue weighted by Crippen LogP contribution is 2.26. The highest BCUT2D eigenvalue weighted by atomic mass is 32.2. The van der Waals surface area contributed by atoms with Gasteiger partial charge in [-0.15, -0.1) is 0 Å². The van der Waals surface area contributed by atoms with Crippen LogP contribution in [-0.2, 0) is 19.5 Å². The summed E-state index contributed by atoms with van der Waals surface area (Å²) in [5.41, 5.74) is 0. The minimum absolute atomic E-state index is 0.205. The molecule has 0 saturated carbocycles. The fourth-order valence-electron chi connectivity index (χ4n) is 1.14. The van der Waals surface area contributed by atoms with Gasteiger partial charge in [0, 0.05) is 0 Å². The maximum absolute atomic E-state index is 12.2. The molecule has 0 spiro atoms. The van der Waals surface area contributed by atoms with E-state index < -0.39 is 40.8 Å². The van der Waals surface area contributed by atoms with Crippen molar-refractivity contribution in [2.24, 2.45) is 5.14 Å². The number of hydrogen-bond donors (Lipinski definition) is 1. The molecule has 5 nitrogen and oxygen atoms in total. The van der Waals surface area contributed by atoms with E-state index in [1.807, 2.05) is 0 Å². The number of nitrogens with two attached hydrogens (primary N) is 1. The summed E-state index contributed by atoms with van der Waals surface area (Å²) in [6.45, 7) is -0.826. The van der Waals surface area contributed by atoms with Gasteiger partial charge in [0.15, 0.2) is 6.10 Å². The molecular formula is C6H10F3NO4S. The first-order chi connectivity index (χ1) is 6.68. The molecule has 1 aliphatic heterocycles. The first kappa shape index (κ1) is 12.7. The molecule has 9 heteroatoms. The summed E-state index contributed by atoms with van der Waals surface area (Å²) >= 11 is 0. The number of primary sulfonamides is 1. The second-order valence-electron chi connectivity index (χ2n) is 3.16. The van der Waals surface area contributed by atoms with E-state index in [0.29, 0.717) is 0 Å². The van der Waals surface area contributed by atoms with Gasteiger partial charge in [0.2, 0.25) is 10.0 Å². The lowest BCUT2D eigenvalue weighted by molar-refractivity contribution is -0.269. The molecule has 0 aromatic rings. The van der Waals surface area contributed by atoms with Gasteiger partial charge in [-0.05, 0) is 0 Å². The molecule has 1 fully saturated rings. The Morgan fingerprint density at radius 2 is 1.93 bits per heavy atom. The summed E-state index contributed by atoms with van der Waals surface area (Å²) in [5, 5.41) is 4.68. The highest BCUT2D eigenvalue weighted by molar-refractivity contribution is 7.89. The largest absolute Gasteiger partial charge is 0.416 e. The normalized spacial score (nSPS) is 29.1. The topological polar surface area (TPSA) is 78.6 Å². The molecule has 1 saturated heterocycles. The van der Waals surface area contributed by atoms with Crippen molar-refractivity contribution in [2.75, 3.05) is 19.0 Å². The van der Waals surface area contributed by atoms with Crippen molar-refractivity contribution < 1.29 is 31.1 Å². The third kappa shape index (κ3) is 4.33. The Kier molecular flexibility index (Phi) is 3.59. The number of rotatable bonds is 2. The number of ether oxygens (including phenoxy) is 2. The van der Waals surface area contributed by atoms with E-state index in [1.165, 1.54) is 0 Å². The Labute approximate surface area is 84.4 Å². The van der Waals surface area contributed by atoms with E-state index in [0.717, 1.165) is 0 Å². The van der Waals surface area contributed by atoms with Crippen LogP contribution in [0, 0.1) is 0 Å². The number of sulfonamides is 1. The molecule has 2 atom stereocenters. The van der Waals surface area contributed by atoms with Gasteiger partial charge >= 0.3 is 6.18 Å². The zero-order valence-corrected chi connectivity index (χ0v) is 8.35. The first-order valence-electron chi connectivity index (χ1n) is 3.99. The second-order valence-corrected chi connectivity index (χ2v) is 4.81. The predicted molar refractivity (Wildman–Crippen MR) is 43.5 cm³/mol. The van der Waals surface area contributed by atoms with Crippen LogP contribution in [0.3, 0.4) is 0 Å². The number of alkyl halides is 3. The van der Waals surface area contributed by atoms with E-state index in [9.17, 15) is 21.6 Å². The molecule has 2 N–H and O–H groups in total. The Bertz CT molecular complexity index is 315. The van der Waals surface area contributed by atoms with E-state index in [4.69, 9.17) is 0 Å². The maximum atomic E-state index is 12.2. The fourth-order valence-corrected chi connectivity index (χ4v) is 1.83. The number of halogens is 3. The van der Waals surface area contributed by atoms with Gasteiger partial charge in [-0.3, -0.25) is 0 Å².